The highest BCUT2D eigenvalue weighted by Crippen LogP contribution is 2.41. The average molecular weight is 834 g/mol. The minimum Gasteiger partial charge on any atom is -0.384 e. The number of halogens is 1. The molecule has 56 heavy (non-hydrogen) atoms. The lowest BCUT2D eigenvalue weighted by Gasteiger charge is -2.27. The highest BCUT2D eigenvalue weighted by atomic mass is 79.9. The number of fused-ring (bicyclic) bond motifs is 1. The van der Waals surface area contributed by atoms with E-state index in [1.54, 1.807) is 36.0 Å². The van der Waals surface area contributed by atoms with Crippen molar-refractivity contribution < 1.29 is 28.8 Å². The largest absolute Gasteiger partial charge is 0.384 e. The van der Waals surface area contributed by atoms with Crippen molar-refractivity contribution in [1.82, 2.24) is 20.9 Å². The van der Waals surface area contributed by atoms with Crippen molar-refractivity contribution in [3.05, 3.63) is 105 Å². The average Bonchev–Trinajstić information content (AvgIpc) is 3.45. The Kier molecular flexibility index (Phi) is 11.6. The molecule has 0 spiro atoms. The number of hydrogen-bond donors (Lipinski definition) is 4. The monoisotopic (exact) mass is 832 g/mol. The van der Waals surface area contributed by atoms with Crippen LogP contribution in [0.5, 0.6) is 0 Å². The fourth-order valence-electron chi connectivity index (χ4n) is 7.28. The summed E-state index contributed by atoms with van der Waals surface area (Å²) in [6.07, 6.45) is 3.60. The van der Waals surface area contributed by atoms with Crippen LogP contribution in [0.2, 0.25) is 0 Å². The SMILES string of the molecule is N#CC1=C(NCCC(=O)NCCCCCCNc2cccc3c2C(=O)N(C2CCC(=O)NC2=O)C3=O)c2ccc(Sc3ccc(Br)cc3)c3cccc(c23)C1=O. The summed E-state index contributed by atoms with van der Waals surface area (Å²) in [5, 5.41) is 23.3. The Hall–Kier alpha value is -5.78. The van der Waals surface area contributed by atoms with Crippen molar-refractivity contribution in [2.45, 2.75) is 60.8 Å². The molecule has 4 aromatic rings. The number of nitriles is 1. The molecule has 0 saturated carbocycles. The number of rotatable bonds is 15. The van der Waals surface area contributed by atoms with Crippen LogP contribution in [0.25, 0.3) is 16.5 Å². The van der Waals surface area contributed by atoms with Gasteiger partial charge in [0, 0.05) is 68.9 Å². The predicted molar refractivity (Wildman–Crippen MR) is 215 cm³/mol. The minimum absolute atomic E-state index is 0.0270. The molecule has 2 aliphatic heterocycles. The fourth-order valence-corrected chi connectivity index (χ4v) is 8.48. The van der Waals surface area contributed by atoms with Crippen molar-refractivity contribution >= 4 is 85.2 Å². The molecule has 284 valence electrons. The molecule has 1 saturated heterocycles. The molecule has 4 N–H and O–H groups in total. The second-order valence-corrected chi connectivity index (χ2v) is 15.7. The van der Waals surface area contributed by atoms with E-state index in [9.17, 15) is 34.0 Å². The summed E-state index contributed by atoms with van der Waals surface area (Å²) in [6.45, 7) is 1.30. The van der Waals surface area contributed by atoms with Gasteiger partial charge in [-0.1, -0.05) is 70.9 Å². The third kappa shape index (κ3) is 7.82. The number of piperidine rings is 1. The number of imide groups is 2. The molecule has 5 amide bonds. The van der Waals surface area contributed by atoms with Gasteiger partial charge in [0.25, 0.3) is 11.8 Å². The Morgan fingerprint density at radius 3 is 2.36 bits per heavy atom. The molecule has 1 unspecified atom stereocenters. The lowest BCUT2D eigenvalue weighted by molar-refractivity contribution is -0.136. The molecule has 0 radical (unpaired) electrons. The topological polar surface area (TPSA) is 178 Å². The predicted octanol–water partition coefficient (Wildman–Crippen LogP) is 6.35. The van der Waals surface area contributed by atoms with Crippen LogP contribution in [0.15, 0.2) is 92.6 Å². The van der Waals surface area contributed by atoms with Crippen molar-refractivity contribution in [3.63, 3.8) is 0 Å². The number of ketones is 1. The summed E-state index contributed by atoms with van der Waals surface area (Å²) in [5.74, 6) is -2.64. The standard InChI is InChI=1S/C42H37BrN6O6S/c43-24-11-13-25(14-12-24)56-33-17-15-27-36-26(33)7-5-8-28(36)39(52)30(23-44)38(27)47-22-19-34(50)46-21-4-2-1-3-20-45-31-10-6-9-29-37(31)42(55)49(41(29)54)32-16-18-35(51)48-40(32)53/h5-15,17,32,45,47H,1-4,16,18-22H2,(H,46,50)(H,48,51,53). The van der Waals surface area contributed by atoms with Crippen molar-refractivity contribution in [1.29, 1.82) is 5.26 Å². The summed E-state index contributed by atoms with van der Waals surface area (Å²) in [7, 11) is 0. The van der Waals surface area contributed by atoms with Gasteiger partial charge in [-0.25, -0.2) is 0 Å². The molecule has 3 aliphatic rings. The first-order chi connectivity index (χ1) is 27.2. The van der Waals surface area contributed by atoms with Crippen LogP contribution in [0.4, 0.5) is 5.69 Å². The van der Waals surface area contributed by atoms with Crippen LogP contribution in [0.1, 0.15) is 81.6 Å². The second kappa shape index (κ2) is 16.9. The summed E-state index contributed by atoms with van der Waals surface area (Å²) < 4.78 is 0.988. The number of hydrogen-bond acceptors (Lipinski definition) is 10. The zero-order valence-corrected chi connectivity index (χ0v) is 32.6. The van der Waals surface area contributed by atoms with Crippen molar-refractivity contribution in [2.75, 3.05) is 25.0 Å². The van der Waals surface area contributed by atoms with Crippen LogP contribution in [-0.2, 0) is 14.4 Å². The molecule has 12 nitrogen and oxygen atoms in total. The van der Waals surface area contributed by atoms with Gasteiger partial charge in [-0.15, -0.1) is 0 Å². The van der Waals surface area contributed by atoms with Gasteiger partial charge >= 0.3 is 0 Å². The molecule has 14 heteroatoms. The zero-order valence-electron chi connectivity index (χ0n) is 30.2. The highest BCUT2D eigenvalue weighted by Gasteiger charge is 2.45. The first kappa shape index (κ1) is 38.5. The molecule has 0 aromatic heterocycles. The third-order valence-corrected chi connectivity index (χ3v) is 11.6. The maximum atomic E-state index is 13.5. The van der Waals surface area contributed by atoms with E-state index in [-0.39, 0.29) is 54.2 Å². The van der Waals surface area contributed by atoms with Gasteiger partial charge in [-0.05, 0) is 67.1 Å². The van der Waals surface area contributed by atoms with E-state index in [0.29, 0.717) is 30.0 Å². The van der Waals surface area contributed by atoms with Crippen LogP contribution in [0, 0.1) is 11.3 Å². The molecule has 4 aromatic carbocycles. The Balaban J connectivity index is 0.856. The number of amides is 5. The molecular weight excluding hydrogens is 796 g/mol. The Bertz CT molecular complexity index is 2370. The maximum absolute atomic E-state index is 13.5. The van der Waals surface area contributed by atoms with E-state index in [0.717, 1.165) is 61.2 Å². The molecule has 1 fully saturated rings. The lowest BCUT2D eigenvalue weighted by atomic mass is 9.86. The number of allylic oxidation sites excluding steroid dienone is 1. The van der Waals surface area contributed by atoms with Crippen molar-refractivity contribution in [3.8, 4) is 6.07 Å². The normalized spacial score (nSPS) is 16.2. The molecular formula is C42H37BrN6O6S. The van der Waals surface area contributed by atoms with Crippen LogP contribution in [0.3, 0.4) is 0 Å². The van der Waals surface area contributed by atoms with Crippen LogP contribution in [-0.4, -0.2) is 65.9 Å². The third-order valence-electron chi connectivity index (χ3n) is 10.0. The number of nitrogens with zero attached hydrogens (tertiary/aromatic N) is 2. The zero-order chi connectivity index (χ0) is 39.3. The van der Waals surface area contributed by atoms with Crippen LogP contribution >= 0.6 is 27.7 Å². The lowest BCUT2D eigenvalue weighted by Crippen LogP contribution is -2.54. The summed E-state index contributed by atoms with van der Waals surface area (Å²) in [6, 6.07) is 23.6. The van der Waals surface area contributed by atoms with Crippen molar-refractivity contribution in [2.24, 2.45) is 0 Å². The number of carbonyl (C=O) groups is 6. The second-order valence-electron chi connectivity index (χ2n) is 13.6. The van der Waals surface area contributed by atoms with Gasteiger partial charge in [0.15, 0.2) is 0 Å². The molecule has 2 heterocycles. The minimum atomic E-state index is -1.02. The van der Waals surface area contributed by atoms with Gasteiger partial charge in [-0.2, -0.15) is 5.26 Å². The fraction of sp³-hybridized carbons (Fsp3) is 0.262. The van der Waals surface area contributed by atoms with E-state index in [1.807, 2.05) is 48.5 Å². The van der Waals surface area contributed by atoms with E-state index >= 15 is 0 Å². The van der Waals surface area contributed by atoms with Crippen LogP contribution < -0.4 is 21.3 Å². The molecule has 1 atom stereocenters. The Labute approximate surface area is 335 Å². The number of Topliss-reactive ketones (excluding diaryl/α,β-unsaturated/α-hetero) is 1. The molecule has 0 bridgehead atoms. The van der Waals surface area contributed by atoms with Gasteiger partial charge in [-0.3, -0.25) is 39.0 Å². The first-order valence-electron chi connectivity index (χ1n) is 18.4. The first-order valence-corrected chi connectivity index (χ1v) is 20.0. The number of nitrogens with one attached hydrogen (secondary N) is 4. The quantitative estimate of drug-likeness (QED) is 0.0780. The van der Waals surface area contributed by atoms with Gasteiger partial charge in [0.1, 0.15) is 17.7 Å². The smallest absolute Gasteiger partial charge is 0.264 e. The molecule has 7 rings (SSSR count). The maximum Gasteiger partial charge on any atom is 0.264 e. The van der Waals surface area contributed by atoms with E-state index in [1.165, 1.54) is 0 Å². The van der Waals surface area contributed by atoms with E-state index in [4.69, 9.17) is 0 Å². The number of unbranched alkanes of at least 4 members (excludes halogenated alkanes) is 3. The highest BCUT2D eigenvalue weighted by molar-refractivity contribution is 9.10. The summed E-state index contributed by atoms with van der Waals surface area (Å²) in [5.41, 5.74) is 2.69. The number of carbonyl (C=O) groups excluding carboxylic acids is 6. The Morgan fingerprint density at radius 2 is 1.59 bits per heavy atom. The van der Waals surface area contributed by atoms with Gasteiger partial charge < -0.3 is 16.0 Å². The Morgan fingerprint density at radius 1 is 0.839 bits per heavy atom. The summed E-state index contributed by atoms with van der Waals surface area (Å²) >= 11 is 5.07. The number of benzene rings is 4. The number of anilines is 1. The van der Waals surface area contributed by atoms with Gasteiger partial charge in [0.05, 0.1) is 16.8 Å². The van der Waals surface area contributed by atoms with Gasteiger partial charge in [0.2, 0.25) is 23.5 Å². The summed E-state index contributed by atoms with van der Waals surface area (Å²) in [4.78, 5) is 79.5. The van der Waals surface area contributed by atoms with E-state index in [2.05, 4.69) is 43.3 Å². The van der Waals surface area contributed by atoms with E-state index < -0.39 is 29.7 Å². The molecule has 1 aliphatic carbocycles.